The van der Waals surface area contributed by atoms with Gasteiger partial charge in [0.2, 0.25) is 0 Å². The first-order valence-electron chi connectivity index (χ1n) is 6.46. The fourth-order valence-corrected chi connectivity index (χ4v) is 2.94. The molecule has 1 saturated heterocycles. The lowest BCUT2D eigenvalue weighted by atomic mass is 10.2. The van der Waals surface area contributed by atoms with Crippen molar-refractivity contribution in [3.05, 3.63) is 21.9 Å². The summed E-state index contributed by atoms with van der Waals surface area (Å²) in [5.74, 6) is 0. The van der Waals surface area contributed by atoms with E-state index in [2.05, 4.69) is 27.9 Å². The van der Waals surface area contributed by atoms with Crippen molar-refractivity contribution < 1.29 is 9.84 Å². The van der Waals surface area contributed by atoms with Crippen LogP contribution in [0.4, 0.5) is 0 Å². The summed E-state index contributed by atoms with van der Waals surface area (Å²) in [6.07, 6.45) is -0.304. The maximum atomic E-state index is 9.96. The second kappa shape index (κ2) is 7.21. The summed E-state index contributed by atoms with van der Waals surface area (Å²) in [5.41, 5.74) is 2.66. The molecule has 0 spiro atoms. The Kier molecular flexibility index (Phi) is 5.59. The molecule has 1 aliphatic heterocycles. The molecule has 102 valence electrons. The zero-order valence-corrected chi connectivity index (χ0v) is 11.7. The van der Waals surface area contributed by atoms with Crippen LogP contribution in [0.2, 0.25) is 0 Å². The number of β-amino-alcohol motifs (C(OH)–C–C–N with tert-alkyl or cyclic N) is 1. The molecule has 0 saturated carbocycles. The van der Waals surface area contributed by atoms with E-state index in [9.17, 15) is 5.11 Å². The Hall–Kier alpha value is -0.460. The minimum absolute atomic E-state index is 0.304. The summed E-state index contributed by atoms with van der Waals surface area (Å²) < 4.78 is 5.29. The molecular weight excluding hydrogens is 248 g/mol. The number of rotatable bonds is 6. The Morgan fingerprint density at radius 1 is 1.44 bits per heavy atom. The molecule has 4 nitrogen and oxygen atoms in total. The van der Waals surface area contributed by atoms with Gasteiger partial charge in [-0.2, -0.15) is 11.3 Å². The smallest absolute Gasteiger partial charge is 0.0791 e. The standard InChI is InChI=1S/C13H22N2O2S/c1-11-9-18-10-12(11)6-14-7-13(16)8-15-2-4-17-5-3-15/h9-10,13-14,16H,2-8H2,1H3. The molecule has 0 bridgehead atoms. The van der Waals surface area contributed by atoms with Gasteiger partial charge in [0.15, 0.2) is 0 Å². The molecule has 2 rings (SSSR count). The predicted octanol–water partition coefficient (Wildman–Crippen LogP) is 0.839. The topological polar surface area (TPSA) is 44.7 Å². The highest BCUT2D eigenvalue weighted by molar-refractivity contribution is 7.08. The maximum Gasteiger partial charge on any atom is 0.0791 e. The van der Waals surface area contributed by atoms with Gasteiger partial charge in [-0.25, -0.2) is 0 Å². The number of hydrogen-bond acceptors (Lipinski definition) is 5. The highest BCUT2D eigenvalue weighted by Gasteiger charge is 2.14. The third kappa shape index (κ3) is 4.33. The molecule has 1 fully saturated rings. The molecule has 0 aliphatic carbocycles. The molecule has 1 aromatic heterocycles. The zero-order valence-electron chi connectivity index (χ0n) is 10.9. The van der Waals surface area contributed by atoms with Crippen LogP contribution in [0.1, 0.15) is 11.1 Å². The normalized spacial score (nSPS) is 19.0. The van der Waals surface area contributed by atoms with Crippen LogP contribution in [0.25, 0.3) is 0 Å². The van der Waals surface area contributed by atoms with Crippen molar-refractivity contribution in [2.24, 2.45) is 0 Å². The van der Waals surface area contributed by atoms with Crippen molar-refractivity contribution in [2.75, 3.05) is 39.4 Å². The molecule has 2 N–H and O–H groups in total. The van der Waals surface area contributed by atoms with Gasteiger partial charge in [-0.15, -0.1) is 0 Å². The van der Waals surface area contributed by atoms with Crippen molar-refractivity contribution in [2.45, 2.75) is 19.6 Å². The molecular formula is C13H22N2O2S. The average Bonchev–Trinajstić information content (AvgIpc) is 2.76. The SMILES string of the molecule is Cc1cscc1CNCC(O)CN1CCOCC1. The Morgan fingerprint density at radius 2 is 2.22 bits per heavy atom. The van der Waals surface area contributed by atoms with E-state index in [1.807, 2.05) is 0 Å². The van der Waals surface area contributed by atoms with E-state index < -0.39 is 0 Å². The fraction of sp³-hybridized carbons (Fsp3) is 0.692. The summed E-state index contributed by atoms with van der Waals surface area (Å²) in [5, 5.41) is 17.6. The largest absolute Gasteiger partial charge is 0.390 e. The molecule has 5 heteroatoms. The second-order valence-corrected chi connectivity index (χ2v) is 5.52. The van der Waals surface area contributed by atoms with Crippen molar-refractivity contribution >= 4 is 11.3 Å². The van der Waals surface area contributed by atoms with Crippen LogP contribution < -0.4 is 5.32 Å². The summed E-state index contributed by atoms with van der Waals surface area (Å²) in [7, 11) is 0. The van der Waals surface area contributed by atoms with Crippen molar-refractivity contribution in [1.29, 1.82) is 0 Å². The average molecular weight is 270 g/mol. The first-order valence-corrected chi connectivity index (χ1v) is 7.40. The van der Waals surface area contributed by atoms with Gasteiger partial charge in [0.05, 0.1) is 19.3 Å². The number of morpholine rings is 1. The quantitative estimate of drug-likeness (QED) is 0.804. The molecule has 18 heavy (non-hydrogen) atoms. The lowest BCUT2D eigenvalue weighted by Gasteiger charge is -2.28. The number of hydrogen-bond donors (Lipinski definition) is 2. The molecule has 2 heterocycles. The minimum Gasteiger partial charge on any atom is -0.390 e. The predicted molar refractivity (Wildman–Crippen MR) is 74.0 cm³/mol. The van der Waals surface area contributed by atoms with Crippen molar-refractivity contribution in [3.8, 4) is 0 Å². The lowest BCUT2D eigenvalue weighted by molar-refractivity contribution is 0.0149. The number of aliphatic hydroxyl groups is 1. The number of aliphatic hydroxyl groups excluding tert-OH is 1. The summed E-state index contributed by atoms with van der Waals surface area (Å²) in [4.78, 5) is 2.26. The number of aryl methyl sites for hydroxylation is 1. The van der Waals surface area contributed by atoms with E-state index in [1.165, 1.54) is 11.1 Å². The number of nitrogens with one attached hydrogen (secondary N) is 1. The van der Waals surface area contributed by atoms with Gasteiger partial charge in [0, 0.05) is 32.7 Å². The molecule has 0 aromatic carbocycles. The second-order valence-electron chi connectivity index (χ2n) is 4.78. The third-order valence-corrected chi connectivity index (χ3v) is 4.14. The van der Waals surface area contributed by atoms with Crippen LogP contribution in [0, 0.1) is 6.92 Å². The van der Waals surface area contributed by atoms with Gasteiger partial charge < -0.3 is 15.2 Å². The minimum atomic E-state index is -0.304. The zero-order chi connectivity index (χ0) is 12.8. The lowest BCUT2D eigenvalue weighted by Crippen LogP contribution is -2.43. The monoisotopic (exact) mass is 270 g/mol. The van der Waals surface area contributed by atoms with Crippen LogP contribution in [-0.2, 0) is 11.3 Å². The Bertz CT molecular complexity index is 351. The van der Waals surface area contributed by atoms with Crippen molar-refractivity contribution in [1.82, 2.24) is 10.2 Å². The van der Waals surface area contributed by atoms with E-state index in [0.29, 0.717) is 6.54 Å². The number of nitrogens with zero attached hydrogens (tertiary/aromatic N) is 1. The fourth-order valence-electron chi connectivity index (χ4n) is 2.09. The van der Waals surface area contributed by atoms with Crippen molar-refractivity contribution in [3.63, 3.8) is 0 Å². The Morgan fingerprint density at radius 3 is 2.89 bits per heavy atom. The number of thiophene rings is 1. The van der Waals surface area contributed by atoms with Gasteiger partial charge in [-0.3, -0.25) is 4.90 Å². The highest BCUT2D eigenvalue weighted by Crippen LogP contribution is 2.12. The third-order valence-electron chi connectivity index (χ3n) is 3.23. The summed E-state index contributed by atoms with van der Waals surface area (Å²) in [6.45, 7) is 7.78. The molecule has 1 unspecified atom stereocenters. The molecule has 1 atom stereocenters. The van der Waals surface area contributed by atoms with E-state index in [0.717, 1.165) is 39.4 Å². The number of ether oxygens (including phenoxy) is 1. The first-order chi connectivity index (χ1) is 8.75. The maximum absolute atomic E-state index is 9.96. The van der Waals surface area contributed by atoms with E-state index in [4.69, 9.17) is 4.74 Å². The van der Waals surface area contributed by atoms with E-state index in [1.54, 1.807) is 11.3 Å². The first kappa shape index (κ1) is 14.0. The van der Waals surface area contributed by atoms with Crippen LogP contribution in [-0.4, -0.2) is 55.5 Å². The van der Waals surface area contributed by atoms with Crippen LogP contribution >= 0.6 is 11.3 Å². The Balaban J connectivity index is 1.62. The van der Waals surface area contributed by atoms with Gasteiger partial charge in [-0.1, -0.05) is 0 Å². The van der Waals surface area contributed by atoms with Gasteiger partial charge >= 0.3 is 0 Å². The molecule has 1 aliphatic rings. The van der Waals surface area contributed by atoms with Gasteiger partial charge in [0.25, 0.3) is 0 Å². The van der Waals surface area contributed by atoms with Gasteiger partial charge in [0.1, 0.15) is 0 Å². The summed E-state index contributed by atoms with van der Waals surface area (Å²) in [6, 6.07) is 0. The van der Waals surface area contributed by atoms with E-state index in [-0.39, 0.29) is 6.10 Å². The van der Waals surface area contributed by atoms with Gasteiger partial charge in [-0.05, 0) is 28.8 Å². The van der Waals surface area contributed by atoms with Crippen LogP contribution in [0.15, 0.2) is 10.8 Å². The Labute approximate surface area is 113 Å². The molecule has 1 aromatic rings. The van der Waals surface area contributed by atoms with E-state index >= 15 is 0 Å². The molecule has 0 radical (unpaired) electrons. The summed E-state index contributed by atoms with van der Waals surface area (Å²) >= 11 is 1.73. The van der Waals surface area contributed by atoms with Crippen LogP contribution in [0.3, 0.4) is 0 Å². The highest BCUT2D eigenvalue weighted by atomic mass is 32.1. The van der Waals surface area contributed by atoms with Crippen LogP contribution in [0.5, 0.6) is 0 Å². The molecule has 0 amide bonds.